The second-order valence-electron chi connectivity index (χ2n) is 2.67. The van der Waals surface area contributed by atoms with Crippen molar-refractivity contribution in [1.29, 1.82) is 0 Å². The van der Waals surface area contributed by atoms with E-state index >= 15 is 0 Å². The van der Waals surface area contributed by atoms with Gasteiger partial charge in [0.05, 0.1) is 5.52 Å². The average molecular weight is 181 g/mol. The number of aldehydes is 1. The molecule has 1 aromatic heterocycles. The van der Waals surface area contributed by atoms with Crippen molar-refractivity contribution in [2.24, 2.45) is 0 Å². The molecule has 0 saturated heterocycles. The van der Waals surface area contributed by atoms with Crippen molar-refractivity contribution in [3.05, 3.63) is 35.5 Å². The Labute approximate surface area is 72.2 Å². The Hall–Kier alpha value is -1.71. The molecule has 0 saturated carbocycles. The van der Waals surface area contributed by atoms with Crippen LogP contribution in [-0.4, -0.2) is 11.3 Å². The number of hydrogen-bond acceptors (Lipinski definition) is 1. The third-order valence-corrected chi connectivity index (χ3v) is 1.86. The van der Waals surface area contributed by atoms with E-state index in [2.05, 4.69) is 4.98 Å². The van der Waals surface area contributed by atoms with Crippen molar-refractivity contribution in [3.8, 4) is 0 Å². The number of fused-ring (bicyclic) bond motifs is 1. The highest BCUT2D eigenvalue weighted by molar-refractivity contribution is 5.97. The summed E-state index contributed by atoms with van der Waals surface area (Å²) in [5.41, 5.74) is 0.414. The predicted octanol–water partition coefficient (Wildman–Crippen LogP) is 2.26. The number of benzene rings is 1. The molecule has 0 aliphatic rings. The Morgan fingerprint density at radius 2 is 2.08 bits per heavy atom. The van der Waals surface area contributed by atoms with Gasteiger partial charge in [0.2, 0.25) is 0 Å². The summed E-state index contributed by atoms with van der Waals surface area (Å²) in [4.78, 5) is 13.0. The van der Waals surface area contributed by atoms with Crippen LogP contribution in [-0.2, 0) is 0 Å². The first kappa shape index (κ1) is 7.91. The number of aromatic nitrogens is 1. The van der Waals surface area contributed by atoms with Gasteiger partial charge in [0.1, 0.15) is 11.6 Å². The van der Waals surface area contributed by atoms with E-state index in [1.165, 1.54) is 6.20 Å². The van der Waals surface area contributed by atoms with Gasteiger partial charge in [-0.25, -0.2) is 8.78 Å². The maximum absolute atomic E-state index is 13.0. The molecule has 13 heavy (non-hydrogen) atoms. The molecule has 2 aromatic rings. The Bertz CT molecular complexity index is 476. The molecule has 2 nitrogen and oxygen atoms in total. The summed E-state index contributed by atoms with van der Waals surface area (Å²) >= 11 is 0. The Morgan fingerprint density at radius 3 is 2.77 bits per heavy atom. The third-order valence-electron chi connectivity index (χ3n) is 1.86. The number of H-pyrrole nitrogens is 1. The van der Waals surface area contributed by atoms with Crippen molar-refractivity contribution in [2.45, 2.75) is 0 Å². The predicted molar refractivity (Wildman–Crippen MR) is 43.6 cm³/mol. The van der Waals surface area contributed by atoms with Crippen LogP contribution < -0.4 is 0 Å². The summed E-state index contributed by atoms with van der Waals surface area (Å²) in [6.07, 6.45) is 1.90. The standard InChI is InChI=1S/C9H5F2NO/c10-6-1-7-5(4-13)3-12-9(7)8(11)2-6/h1-4,12H. The number of carbonyl (C=O) groups is 1. The van der Waals surface area contributed by atoms with E-state index < -0.39 is 11.6 Å². The number of nitrogens with one attached hydrogen (secondary N) is 1. The number of rotatable bonds is 1. The van der Waals surface area contributed by atoms with Crippen LogP contribution in [0.1, 0.15) is 10.4 Å². The Balaban J connectivity index is 2.89. The van der Waals surface area contributed by atoms with Crippen LogP contribution in [0.5, 0.6) is 0 Å². The van der Waals surface area contributed by atoms with Crippen molar-refractivity contribution >= 4 is 17.2 Å². The number of carbonyl (C=O) groups excluding carboxylic acids is 1. The van der Waals surface area contributed by atoms with E-state index in [0.29, 0.717) is 6.29 Å². The van der Waals surface area contributed by atoms with E-state index in [1.54, 1.807) is 0 Å². The highest BCUT2D eigenvalue weighted by Crippen LogP contribution is 2.20. The first-order valence-corrected chi connectivity index (χ1v) is 3.63. The van der Waals surface area contributed by atoms with Gasteiger partial charge in [-0.15, -0.1) is 0 Å². The van der Waals surface area contributed by atoms with Gasteiger partial charge in [-0.3, -0.25) is 4.79 Å². The third kappa shape index (κ3) is 1.11. The van der Waals surface area contributed by atoms with E-state index in [-0.39, 0.29) is 16.5 Å². The molecular weight excluding hydrogens is 176 g/mol. The summed E-state index contributed by atoms with van der Waals surface area (Å²) in [7, 11) is 0. The highest BCUT2D eigenvalue weighted by atomic mass is 19.1. The van der Waals surface area contributed by atoms with E-state index in [1.807, 2.05) is 0 Å². The maximum atomic E-state index is 13.0. The van der Waals surface area contributed by atoms with Crippen LogP contribution in [0.25, 0.3) is 10.9 Å². The summed E-state index contributed by atoms with van der Waals surface area (Å²) in [6, 6.07) is 1.89. The van der Waals surface area contributed by atoms with Gasteiger partial charge in [0.25, 0.3) is 0 Å². The van der Waals surface area contributed by atoms with Gasteiger partial charge in [0.15, 0.2) is 6.29 Å². The molecule has 0 unspecified atom stereocenters. The van der Waals surface area contributed by atoms with E-state index in [9.17, 15) is 13.6 Å². The van der Waals surface area contributed by atoms with Crippen LogP contribution in [0.15, 0.2) is 18.3 Å². The molecular formula is C9H5F2NO. The fourth-order valence-electron chi connectivity index (χ4n) is 1.27. The summed E-state index contributed by atoms with van der Waals surface area (Å²) in [6.45, 7) is 0. The molecule has 66 valence electrons. The first-order valence-electron chi connectivity index (χ1n) is 3.63. The number of halogens is 2. The van der Waals surface area contributed by atoms with Crippen molar-refractivity contribution in [1.82, 2.24) is 4.98 Å². The normalized spacial score (nSPS) is 10.6. The second kappa shape index (κ2) is 2.65. The molecule has 1 N–H and O–H groups in total. The lowest BCUT2D eigenvalue weighted by atomic mass is 10.2. The molecule has 0 aliphatic heterocycles. The van der Waals surface area contributed by atoms with Crippen LogP contribution >= 0.6 is 0 Å². The Kier molecular flexibility index (Phi) is 1.62. The zero-order valence-corrected chi connectivity index (χ0v) is 6.47. The Morgan fingerprint density at radius 1 is 1.31 bits per heavy atom. The molecule has 1 heterocycles. The van der Waals surface area contributed by atoms with Crippen LogP contribution in [0.3, 0.4) is 0 Å². The number of hydrogen-bond donors (Lipinski definition) is 1. The minimum atomic E-state index is -0.692. The lowest BCUT2D eigenvalue weighted by Crippen LogP contribution is -1.82. The van der Waals surface area contributed by atoms with Crippen LogP contribution in [0, 0.1) is 11.6 Å². The molecule has 0 fully saturated rings. The molecule has 0 spiro atoms. The highest BCUT2D eigenvalue weighted by Gasteiger charge is 2.08. The van der Waals surface area contributed by atoms with Gasteiger partial charge >= 0.3 is 0 Å². The lowest BCUT2D eigenvalue weighted by molar-refractivity contribution is 0.112. The SMILES string of the molecule is O=Cc1c[nH]c2c(F)cc(F)cc12. The van der Waals surface area contributed by atoms with Crippen LogP contribution in [0.2, 0.25) is 0 Å². The molecule has 0 radical (unpaired) electrons. The maximum Gasteiger partial charge on any atom is 0.152 e. The lowest BCUT2D eigenvalue weighted by Gasteiger charge is -1.93. The molecule has 4 heteroatoms. The smallest absolute Gasteiger partial charge is 0.152 e. The summed E-state index contributed by atoms with van der Waals surface area (Å²) < 4.78 is 25.7. The van der Waals surface area contributed by atoms with Gasteiger partial charge in [0, 0.05) is 23.2 Å². The summed E-state index contributed by atoms with van der Waals surface area (Å²) in [5, 5.41) is 0.271. The summed E-state index contributed by atoms with van der Waals surface area (Å²) in [5.74, 6) is -1.38. The van der Waals surface area contributed by atoms with Gasteiger partial charge in [-0.1, -0.05) is 0 Å². The van der Waals surface area contributed by atoms with Gasteiger partial charge in [-0.2, -0.15) is 0 Å². The van der Waals surface area contributed by atoms with Gasteiger partial charge in [-0.05, 0) is 6.07 Å². The van der Waals surface area contributed by atoms with Crippen molar-refractivity contribution < 1.29 is 13.6 Å². The molecule has 0 atom stereocenters. The minimum Gasteiger partial charge on any atom is -0.358 e. The minimum absolute atomic E-state index is 0.156. The topological polar surface area (TPSA) is 32.9 Å². The fraction of sp³-hybridized carbons (Fsp3) is 0. The van der Waals surface area contributed by atoms with Crippen molar-refractivity contribution in [3.63, 3.8) is 0 Å². The number of aromatic amines is 1. The van der Waals surface area contributed by atoms with E-state index in [0.717, 1.165) is 12.1 Å². The monoisotopic (exact) mass is 181 g/mol. The first-order chi connectivity index (χ1) is 6.22. The zero-order chi connectivity index (χ0) is 9.42. The van der Waals surface area contributed by atoms with Gasteiger partial charge < -0.3 is 4.98 Å². The molecule has 0 amide bonds. The second-order valence-corrected chi connectivity index (χ2v) is 2.67. The molecule has 2 rings (SSSR count). The largest absolute Gasteiger partial charge is 0.358 e. The van der Waals surface area contributed by atoms with E-state index in [4.69, 9.17) is 0 Å². The quantitative estimate of drug-likeness (QED) is 0.672. The average Bonchev–Trinajstić information content (AvgIpc) is 2.47. The fourth-order valence-corrected chi connectivity index (χ4v) is 1.27. The molecule has 0 bridgehead atoms. The van der Waals surface area contributed by atoms with Crippen molar-refractivity contribution in [2.75, 3.05) is 0 Å². The molecule has 1 aromatic carbocycles. The zero-order valence-electron chi connectivity index (χ0n) is 6.47. The van der Waals surface area contributed by atoms with Crippen LogP contribution in [0.4, 0.5) is 8.78 Å². The molecule has 0 aliphatic carbocycles.